The van der Waals surface area contributed by atoms with Gasteiger partial charge in [0, 0.05) is 0 Å². The number of hydrogen-bond donors (Lipinski definition) is 0. The van der Waals surface area contributed by atoms with Gasteiger partial charge in [-0.15, -0.1) is 0 Å². The molecule has 0 saturated carbocycles. The summed E-state index contributed by atoms with van der Waals surface area (Å²) in [5, 5.41) is 0. The van der Waals surface area contributed by atoms with Gasteiger partial charge in [0.2, 0.25) is 0 Å². The molecule has 0 nitrogen and oxygen atoms in total. The average Bonchev–Trinajstić information content (AvgIpc) is 1.99. The molecular weight excluding hydrogens is 168 g/mol. The van der Waals surface area contributed by atoms with Crippen LogP contribution in [0.5, 0.6) is 0 Å². The summed E-state index contributed by atoms with van der Waals surface area (Å²) in [7, 11) is 0. The van der Waals surface area contributed by atoms with Crippen molar-refractivity contribution in [2.75, 3.05) is 0 Å². The van der Waals surface area contributed by atoms with E-state index in [1.165, 1.54) is 32.1 Å². The van der Waals surface area contributed by atoms with Crippen LogP contribution in [0.2, 0.25) is 0 Å². The van der Waals surface area contributed by atoms with Crippen LogP contribution in [0, 0.1) is 17.3 Å². The lowest BCUT2D eigenvalue weighted by atomic mass is 9.81. The Morgan fingerprint density at radius 2 is 1.57 bits per heavy atom. The highest BCUT2D eigenvalue weighted by atomic mass is 14.2. The normalized spacial score (nSPS) is 14.8. The van der Waals surface area contributed by atoms with E-state index in [2.05, 4.69) is 41.5 Å². The molecule has 0 aliphatic rings. The van der Waals surface area contributed by atoms with E-state index in [0.717, 1.165) is 11.8 Å². The van der Waals surface area contributed by atoms with Crippen molar-refractivity contribution in [1.29, 1.82) is 0 Å². The van der Waals surface area contributed by atoms with Crippen LogP contribution in [0.3, 0.4) is 0 Å². The number of rotatable bonds is 6. The lowest BCUT2D eigenvalue weighted by molar-refractivity contribution is 0.268. The van der Waals surface area contributed by atoms with Crippen molar-refractivity contribution >= 4 is 0 Å². The van der Waals surface area contributed by atoms with Crippen LogP contribution in [0.1, 0.15) is 73.6 Å². The van der Waals surface area contributed by atoms with E-state index in [9.17, 15) is 0 Å². The van der Waals surface area contributed by atoms with Gasteiger partial charge < -0.3 is 0 Å². The quantitative estimate of drug-likeness (QED) is 0.545. The Balaban J connectivity index is 3.69. The summed E-state index contributed by atoms with van der Waals surface area (Å²) >= 11 is 0. The van der Waals surface area contributed by atoms with E-state index in [4.69, 9.17) is 0 Å². The van der Waals surface area contributed by atoms with Crippen LogP contribution in [0.4, 0.5) is 0 Å². The molecule has 0 heteroatoms. The van der Waals surface area contributed by atoms with Gasteiger partial charge in [-0.2, -0.15) is 0 Å². The lowest BCUT2D eigenvalue weighted by Crippen LogP contribution is -2.13. The molecule has 1 atom stereocenters. The van der Waals surface area contributed by atoms with Crippen LogP contribution < -0.4 is 0 Å². The minimum atomic E-state index is 0.512. The van der Waals surface area contributed by atoms with E-state index in [1.54, 1.807) is 0 Å². The molecule has 0 aromatic heterocycles. The van der Waals surface area contributed by atoms with Gasteiger partial charge in [-0.05, 0) is 23.7 Å². The van der Waals surface area contributed by atoms with Gasteiger partial charge >= 0.3 is 0 Å². The van der Waals surface area contributed by atoms with Gasteiger partial charge in [-0.3, -0.25) is 0 Å². The second-order valence-corrected chi connectivity index (χ2v) is 6.36. The van der Waals surface area contributed by atoms with Crippen LogP contribution in [-0.4, -0.2) is 0 Å². The van der Waals surface area contributed by atoms with Gasteiger partial charge in [-0.25, -0.2) is 0 Å². The first-order valence-electron chi connectivity index (χ1n) is 6.35. The van der Waals surface area contributed by atoms with E-state index in [1.807, 2.05) is 0 Å². The summed E-state index contributed by atoms with van der Waals surface area (Å²) in [6.07, 6.45) is 7.01. The third kappa shape index (κ3) is 8.59. The summed E-state index contributed by atoms with van der Waals surface area (Å²) in [5.74, 6) is 1.83. The fourth-order valence-electron chi connectivity index (χ4n) is 2.13. The molecular formula is C14H30. The molecule has 0 aromatic rings. The van der Waals surface area contributed by atoms with Gasteiger partial charge in [0.05, 0.1) is 0 Å². The molecule has 86 valence electrons. The third-order valence-electron chi connectivity index (χ3n) is 2.87. The second-order valence-electron chi connectivity index (χ2n) is 6.36. The first-order valence-corrected chi connectivity index (χ1v) is 6.35. The Bertz CT molecular complexity index is 127. The largest absolute Gasteiger partial charge is 0.0651 e. The lowest BCUT2D eigenvalue weighted by Gasteiger charge is -2.25. The Kier molecular flexibility index (Phi) is 6.48. The zero-order valence-corrected chi connectivity index (χ0v) is 11.2. The van der Waals surface area contributed by atoms with Crippen molar-refractivity contribution in [1.82, 2.24) is 0 Å². The van der Waals surface area contributed by atoms with Crippen LogP contribution in [-0.2, 0) is 0 Å². The number of hydrogen-bond acceptors (Lipinski definition) is 0. The predicted octanol–water partition coefficient (Wildman–Crippen LogP) is 5.28. The smallest absolute Gasteiger partial charge is 0.0380 e. The molecule has 0 radical (unpaired) electrons. The fourth-order valence-corrected chi connectivity index (χ4v) is 2.13. The summed E-state index contributed by atoms with van der Waals surface area (Å²) in [4.78, 5) is 0. The summed E-state index contributed by atoms with van der Waals surface area (Å²) in [6.45, 7) is 14.1. The average molecular weight is 198 g/mol. The highest BCUT2D eigenvalue weighted by molar-refractivity contribution is 4.68. The van der Waals surface area contributed by atoms with Crippen molar-refractivity contribution in [3.8, 4) is 0 Å². The third-order valence-corrected chi connectivity index (χ3v) is 2.87. The van der Waals surface area contributed by atoms with Crippen molar-refractivity contribution < 1.29 is 0 Å². The monoisotopic (exact) mass is 198 g/mol. The Morgan fingerprint density at radius 3 is 1.93 bits per heavy atom. The van der Waals surface area contributed by atoms with Crippen molar-refractivity contribution in [3.63, 3.8) is 0 Å². The fraction of sp³-hybridized carbons (Fsp3) is 1.00. The molecule has 1 unspecified atom stereocenters. The second kappa shape index (κ2) is 6.48. The Labute approximate surface area is 91.5 Å². The maximum atomic E-state index is 2.36. The molecule has 0 amide bonds. The minimum absolute atomic E-state index is 0.512. The van der Waals surface area contributed by atoms with Gasteiger partial charge in [-0.1, -0.05) is 67.2 Å². The van der Waals surface area contributed by atoms with Crippen molar-refractivity contribution in [2.24, 2.45) is 17.3 Å². The molecule has 0 rings (SSSR count). The first kappa shape index (κ1) is 14.0. The van der Waals surface area contributed by atoms with Crippen molar-refractivity contribution in [2.45, 2.75) is 73.6 Å². The molecule has 0 fully saturated rings. The minimum Gasteiger partial charge on any atom is -0.0651 e. The van der Waals surface area contributed by atoms with E-state index >= 15 is 0 Å². The Morgan fingerprint density at radius 1 is 1.00 bits per heavy atom. The SMILES string of the molecule is CCC(CCCC(C)C)CC(C)(C)C. The molecule has 0 saturated heterocycles. The molecule has 0 spiro atoms. The predicted molar refractivity (Wildman–Crippen MR) is 66.5 cm³/mol. The van der Waals surface area contributed by atoms with E-state index in [-0.39, 0.29) is 0 Å². The van der Waals surface area contributed by atoms with Gasteiger partial charge in [0.25, 0.3) is 0 Å². The molecule has 0 bridgehead atoms. The van der Waals surface area contributed by atoms with Crippen LogP contribution >= 0.6 is 0 Å². The summed E-state index contributed by atoms with van der Waals surface area (Å²) in [5.41, 5.74) is 0.512. The maximum Gasteiger partial charge on any atom is -0.0380 e. The Hall–Kier alpha value is 0. The topological polar surface area (TPSA) is 0 Å². The molecule has 14 heavy (non-hydrogen) atoms. The van der Waals surface area contributed by atoms with E-state index in [0.29, 0.717) is 5.41 Å². The molecule has 0 aliphatic heterocycles. The van der Waals surface area contributed by atoms with Gasteiger partial charge in [0.15, 0.2) is 0 Å². The standard InChI is InChI=1S/C14H30/c1-7-13(11-14(4,5)6)10-8-9-12(2)3/h12-13H,7-11H2,1-6H3. The van der Waals surface area contributed by atoms with Gasteiger partial charge in [0.1, 0.15) is 0 Å². The van der Waals surface area contributed by atoms with Crippen LogP contribution in [0.15, 0.2) is 0 Å². The first-order chi connectivity index (χ1) is 6.35. The summed E-state index contributed by atoms with van der Waals surface area (Å²) < 4.78 is 0. The zero-order chi connectivity index (χ0) is 11.2. The van der Waals surface area contributed by atoms with Crippen LogP contribution in [0.25, 0.3) is 0 Å². The van der Waals surface area contributed by atoms with Crippen molar-refractivity contribution in [3.05, 3.63) is 0 Å². The highest BCUT2D eigenvalue weighted by Crippen LogP contribution is 2.29. The molecule has 0 N–H and O–H groups in total. The molecule has 0 heterocycles. The molecule has 0 aliphatic carbocycles. The maximum absolute atomic E-state index is 2.36. The zero-order valence-electron chi connectivity index (χ0n) is 11.2. The molecule has 0 aromatic carbocycles. The van der Waals surface area contributed by atoms with E-state index < -0.39 is 0 Å². The highest BCUT2D eigenvalue weighted by Gasteiger charge is 2.16. The summed E-state index contributed by atoms with van der Waals surface area (Å²) in [6, 6.07) is 0.